The minimum Gasteiger partial charge on any atom is -0.380 e. The van der Waals surface area contributed by atoms with Crippen LogP contribution in [0.25, 0.3) is 0 Å². The van der Waals surface area contributed by atoms with E-state index in [1.54, 1.807) is 0 Å². The zero-order chi connectivity index (χ0) is 15.4. The molecule has 0 bridgehead atoms. The SMILES string of the molecule is CCOCCN(CCOCC)C(=O)CCNC(C)(C)C. The van der Waals surface area contributed by atoms with Crippen molar-refractivity contribution >= 4 is 5.91 Å². The molecule has 0 atom stereocenters. The van der Waals surface area contributed by atoms with Crippen LogP contribution >= 0.6 is 0 Å². The summed E-state index contributed by atoms with van der Waals surface area (Å²) in [6.45, 7) is 14.7. The van der Waals surface area contributed by atoms with Crippen LogP contribution in [-0.2, 0) is 14.3 Å². The standard InChI is InChI=1S/C15H32N2O3/c1-6-19-12-10-17(11-13-20-7-2)14(18)8-9-16-15(3,4)5/h16H,6-13H2,1-5H3. The Hall–Kier alpha value is -0.650. The van der Waals surface area contributed by atoms with Crippen LogP contribution < -0.4 is 5.32 Å². The van der Waals surface area contributed by atoms with Gasteiger partial charge < -0.3 is 19.7 Å². The zero-order valence-corrected chi connectivity index (χ0v) is 13.8. The van der Waals surface area contributed by atoms with Gasteiger partial charge in [0.25, 0.3) is 0 Å². The topological polar surface area (TPSA) is 50.8 Å². The van der Waals surface area contributed by atoms with Crippen molar-refractivity contribution in [2.24, 2.45) is 0 Å². The van der Waals surface area contributed by atoms with Gasteiger partial charge in [-0.05, 0) is 34.6 Å². The Labute approximate surface area is 124 Å². The Morgan fingerprint density at radius 1 is 1.05 bits per heavy atom. The Balaban J connectivity index is 4.10. The summed E-state index contributed by atoms with van der Waals surface area (Å²) in [4.78, 5) is 14.0. The van der Waals surface area contributed by atoms with Crippen LogP contribution in [0.15, 0.2) is 0 Å². The molecule has 0 rings (SSSR count). The van der Waals surface area contributed by atoms with Crippen molar-refractivity contribution in [3.63, 3.8) is 0 Å². The first-order chi connectivity index (χ1) is 9.40. The van der Waals surface area contributed by atoms with E-state index in [-0.39, 0.29) is 11.4 Å². The molecule has 0 aromatic rings. The maximum Gasteiger partial charge on any atom is 0.224 e. The second-order valence-corrected chi connectivity index (χ2v) is 5.70. The van der Waals surface area contributed by atoms with E-state index >= 15 is 0 Å². The van der Waals surface area contributed by atoms with E-state index in [0.29, 0.717) is 52.5 Å². The molecule has 1 N–H and O–H groups in total. The molecular weight excluding hydrogens is 256 g/mol. The highest BCUT2D eigenvalue weighted by Crippen LogP contribution is 2.00. The summed E-state index contributed by atoms with van der Waals surface area (Å²) in [7, 11) is 0. The normalized spacial score (nSPS) is 11.7. The highest BCUT2D eigenvalue weighted by molar-refractivity contribution is 5.76. The average molecular weight is 288 g/mol. The third-order valence-electron chi connectivity index (χ3n) is 2.77. The molecule has 0 saturated heterocycles. The molecular formula is C15H32N2O3. The number of hydrogen-bond donors (Lipinski definition) is 1. The number of ether oxygens (including phenoxy) is 2. The minimum absolute atomic E-state index is 0.0434. The number of amides is 1. The fraction of sp³-hybridized carbons (Fsp3) is 0.933. The fourth-order valence-electron chi connectivity index (χ4n) is 1.70. The molecule has 0 aliphatic heterocycles. The molecule has 0 aliphatic rings. The number of hydrogen-bond acceptors (Lipinski definition) is 4. The number of carbonyl (C=O) groups is 1. The first-order valence-corrected chi connectivity index (χ1v) is 7.59. The van der Waals surface area contributed by atoms with Crippen LogP contribution in [0.4, 0.5) is 0 Å². The van der Waals surface area contributed by atoms with Gasteiger partial charge in [-0.3, -0.25) is 4.79 Å². The average Bonchev–Trinajstić information content (AvgIpc) is 2.35. The molecule has 120 valence electrons. The summed E-state index contributed by atoms with van der Waals surface area (Å²) in [5.41, 5.74) is 0.0434. The van der Waals surface area contributed by atoms with Crippen LogP contribution in [0.3, 0.4) is 0 Å². The molecule has 5 nitrogen and oxygen atoms in total. The lowest BCUT2D eigenvalue weighted by molar-refractivity contribution is -0.132. The second-order valence-electron chi connectivity index (χ2n) is 5.70. The minimum atomic E-state index is 0.0434. The van der Waals surface area contributed by atoms with Crippen molar-refractivity contribution in [3.8, 4) is 0 Å². The molecule has 0 aromatic carbocycles. The van der Waals surface area contributed by atoms with Gasteiger partial charge in [-0.1, -0.05) is 0 Å². The summed E-state index contributed by atoms with van der Waals surface area (Å²) >= 11 is 0. The molecule has 0 fully saturated rings. The van der Waals surface area contributed by atoms with E-state index in [1.807, 2.05) is 18.7 Å². The van der Waals surface area contributed by atoms with Gasteiger partial charge in [0.2, 0.25) is 5.91 Å². The van der Waals surface area contributed by atoms with E-state index < -0.39 is 0 Å². The molecule has 5 heteroatoms. The van der Waals surface area contributed by atoms with Crippen molar-refractivity contribution in [2.45, 2.75) is 46.6 Å². The van der Waals surface area contributed by atoms with E-state index in [1.165, 1.54) is 0 Å². The van der Waals surface area contributed by atoms with Crippen LogP contribution in [0.5, 0.6) is 0 Å². The van der Waals surface area contributed by atoms with E-state index in [4.69, 9.17) is 9.47 Å². The van der Waals surface area contributed by atoms with Crippen molar-refractivity contribution in [3.05, 3.63) is 0 Å². The summed E-state index contributed by atoms with van der Waals surface area (Å²) in [5.74, 6) is 0.154. The predicted octanol–water partition coefficient (Wildman–Crippen LogP) is 1.67. The van der Waals surface area contributed by atoms with Gasteiger partial charge in [0.05, 0.1) is 13.2 Å². The number of nitrogens with one attached hydrogen (secondary N) is 1. The van der Waals surface area contributed by atoms with Crippen LogP contribution in [0, 0.1) is 0 Å². The van der Waals surface area contributed by atoms with Gasteiger partial charge in [-0.25, -0.2) is 0 Å². The maximum absolute atomic E-state index is 12.2. The van der Waals surface area contributed by atoms with Gasteiger partial charge in [0.15, 0.2) is 0 Å². The van der Waals surface area contributed by atoms with Crippen LogP contribution in [0.1, 0.15) is 41.0 Å². The van der Waals surface area contributed by atoms with Gasteiger partial charge in [-0.2, -0.15) is 0 Å². The molecule has 0 radical (unpaired) electrons. The first-order valence-electron chi connectivity index (χ1n) is 7.59. The Morgan fingerprint density at radius 2 is 1.55 bits per heavy atom. The summed E-state index contributed by atoms with van der Waals surface area (Å²) in [6.07, 6.45) is 0.509. The number of nitrogens with zero attached hydrogens (tertiary/aromatic N) is 1. The highest BCUT2D eigenvalue weighted by Gasteiger charge is 2.15. The van der Waals surface area contributed by atoms with Crippen molar-refractivity contribution in [2.75, 3.05) is 46.1 Å². The van der Waals surface area contributed by atoms with Crippen LogP contribution in [-0.4, -0.2) is 62.4 Å². The third kappa shape index (κ3) is 11.2. The van der Waals surface area contributed by atoms with E-state index in [9.17, 15) is 4.79 Å². The lowest BCUT2D eigenvalue weighted by atomic mass is 10.1. The van der Waals surface area contributed by atoms with Crippen molar-refractivity contribution in [1.82, 2.24) is 10.2 Å². The summed E-state index contributed by atoms with van der Waals surface area (Å²) < 4.78 is 10.7. The van der Waals surface area contributed by atoms with E-state index in [0.717, 1.165) is 0 Å². The molecule has 0 aromatic heterocycles. The smallest absolute Gasteiger partial charge is 0.224 e. The number of carbonyl (C=O) groups excluding carboxylic acids is 1. The highest BCUT2D eigenvalue weighted by atomic mass is 16.5. The lowest BCUT2D eigenvalue weighted by Crippen LogP contribution is -2.41. The monoisotopic (exact) mass is 288 g/mol. The predicted molar refractivity (Wildman–Crippen MR) is 81.9 cm³/mol. The number of rotatable bonds is 11. The fourth-order valence-corrected chi connectivity index (χ4v) is 1.70. The molecule has 0 heterocycles. The molecule has 0 aliphatic carbocycles. The molecule has 0 unspecified atom stereocenters. The van der Waals surface area contributed by atoms with Crippen LogP contribution in [0.2, 0.25) is 0 Å². The van der Waals surface area contributed by atoms with Gasteiger partial charge in [-0.15, -0.1) is 0 Å². The Morgan fingerprint density at radius 3 is 1.95 bits per heavy atom. The molecule has 1 amide bonds. The lowest BCUT2D eigenvalue weighted by Gasteiger charge is -2.24. The Kier molecular flexibility index (Phi) is 10.7. The molecule has 0 saturated carbocycles. The quantitative estimate of drug-likeness (QED) is 0.588. The molecule has 0 spiro atoms. The van der Waals surface area contributed by atoms with Gasteiger partial charge in [0, 0.05) is 44.8 Å². The summed E-state index contributed by atoms with van der Waals surface area (Å²) in [5, 5.41) is 3.33. The van der Waals surface area contributed by atoms with Crippen molar-refractivity contribution in [1.29, 1.82) is 0 Å². The molecule has 20 heavy (non-hydrogen) atoms. The van der Waals surface area contributed by atoms with Gasteiger partial charge in [0.1, 0.15) is 0 Å². The summed E-state index contributed by atoms with van der Waals surface area (Å²) in [6, 6.07) is 0. The largest absolute Gasteiger partial charge is 0.380 e. The Bertz CT molecular complexity index is 242. The van der Waals surface area contributed by atoms with Crippen molar-refractivity contribution < 1.29 is 14.3 Å². The second kappa shape index (κ2) is 11.1. The zero-order valence-electron chi connectivity index (χ0n) is 13.8. The van der Waals surface area contributed by atoms with E-state index in [2.05, 4.69) is 26.1 Å². The van der Waals surface area contributed by atoms with Gasteiger partial charge >= 0.3 is 0 Å². The first kappa shape index (κ1) is 19.4. The third-order valence-corrected chi connectivity index (χ3v) is 2.77. The maximum atomic E-state index is 12.2.